The summed E-state index contributed by atoms with van der Waals surface area (Å²) in [7, 11) is 0. The number of nitrogens with one attached hydrogen (secondary N) is 1. The molecule has 5 nitrogen and oxygen atoms in total. The third-order valence-electron chi connectivity index (χ3n) is 6.50. The molecule has 5 aromatic carbocycles. The molecule has 0 aliphatic rings. The zero-order valence-corrected chi connectivity index (χ0v) is 23.7. The van der Waals surface area contributed by atoms with Crippen LogP contribution in [-0.4, -0.2) is 18.7 Å². The molecule has 0 aliphatic carbocycles. The lowest BCUT2D eigenvalue weighted by molar-refractivity contribution is -0.121. The normalized spacial score (nSPS) is 11.2. The number of hydrazone groups is 1. The molecule has 0 aliphatic heterocycles. The van der Waals surface area contributed by atoms with Crippen LogP contribution in [0.2, 0.25) is 0 Å². The van der Waals surface area contributed by atoms with Gasteiger partial charge in [-0.15, -0.1) is 0 Å². The largest absolute Gasteiger partial charge is 0.490 e. The number of hydrogen-bond acceptors (Lipinski definition) is 4. The number of fused-ring (bicyclic) bond motifs is 1. The summed E-state index contributed by atoms with van der Waals surface area (Å²) in [5, 5.41) is 6.60. The van der Waals surface area contributed by atoms with Crippen LogP contribution in [0.5, 0.6) is 11.5 Å². The van der Waals surface area contributed by atoms with E-state index in [-0.39, 0.29) is 5.91 Å². The van der Waals surface area contributed by atoms with E-state index in [9.17, 15) is 4.79 Å². The van der Waals surface area contributed by atoms with E-state index < -0.39 is 5.92 Å². The molecule has 1 N–H and O–H groups in total. The van der Waals surface area contributed by atoms with Crippen LogP contribution in [0.4, 0.5) is 0 Å². The molecule has 0 unspecified atom stereocenters. The summed E-state index contributed by atoms with van der Waals surface area (Å²) in [4.78, 5) is 13.3. The highest BCUT2D eigenvalue weighted by atomic mass is 79.9. The lowest BCUT2D eigenvalue weighted by atomic mass is 9.91. The monoisotopic (exact) mass is 592 g/mol. The predicted octanol–water partition coefficient (Wildman–Crippen LogP) is 7.86. The van der Waals surface area contributed by atoms with E-state index in [1.807, 2.05) is 97.9 Å². The molecule has 0 atom stereocenters. The minimum atomic E-state index is -0.477. The predicted molar refractivity (Wildman–Crippen MR) is 164 cm³/mol. The SMILES string of the molecule is CCOc1cc(/C=N/NC(=O)C(c2ccccc2)c2ccccc2)cc(Br)c1OCc1cccc2ccccc12. The summed E-state index contributed by atoms with van der Waals surface area (Å²) < 4.78 is 12.9. The van der Waals surface area contributed by atoms with Crippen molar-refractivity contribution in [2.45, 2.75) is 19.4 Å². The van der Waals surface area contributed by atoms with Gasteiger partial charge < -0.3 is 9.47 Å². The maximum Gasteiger partial charge on any atom is 0.252 e. The Balaban J connectivity index is 1.33. The maximum atomic E-state index is 13.3. The van der Waals surface area contributed by atoms with Gasteiger partial charge in [-0.25, -0.2) is 5.43 Å². The first-order valence-corrected chi connectivity index (χ1v) is 13.9. The first kappa shape index (κ1) is 27.2. The Morgan fingerprint density at radius 1 is 0.850 bits per heavy atom. The Labute approximate surface area is 242 Å². The van der Waals surface area contributed by atoms with Gasteiger partial charge in [-0.05, 0) is 68.0 Å². The van der Waals surface area contributed by atoms with Gasteiger partial charge in [0.05, 0.1) is 23.2 Å². The number of benzene rings is 5. The molecule has 200 valence electrons. The van der Waals surface area contributed by atoms with E-state index in [1.54, 1.807) is 6.21 Å². The highest BCUT2D eigenvalue weighted by molar-refractivity contribution is 9.10. The van der Waals surface area contributed by atoms with Gasteiger partial charge in [0.1, 0.15) is 6.61 Å². The van der Waals surface area contributed by atoms with E-state index in [2.05, 4.69) is 50.7 Å². The summed E-state index contributed by atoms with van der Waals surface area (Å²) in [6, 6.07) is 37.6. The van der Waals surface area contributed by atoms with E-state index in [4.69, 9.17) is 9.47 Å². The van der Waals surface area contributed by atoms with Crippen LogP contribution >= 0.6 is 15.9 Å². The number of ether oxygens (including phenoxy) is 2. The highest BCUT2D eigenvalue weighted by Gasteiger charge is 2.22. The van der Waals surface area contributed by atoms with Crippen molar-refractivity contribution in [2.75, 3.05) is 6.61 Å². The Hall–Kier alpha value is -4.42. The standard InChI is InChI=1S/C34H29BrN2O3/c1-2-39-31-21-24(20-30(35)33(31)40-23-28-18-11-17-25-12-9-10-19-29(25)28)22-36-37-34(38)32(26-13-5-3-6-14-26)27-15-7-4-8-16-27/h3-22,32H,2,23H2,1H3,(H,37,38)/b36-22+. The van der Waals surface area contributed by atoms with Gasteiger partial charge in [-0.2, -0.15) is 5.10 Å². The van der Waals surface area contributed by atoms with Crippen molar-refractivity contribution in [3.05, 3.63) is 142 Å². The minimum absolute atomic E-state index is 0.215. The van der Waals surface area contributed by atoms with Crippen molar-refractivity contribution < 1.29 is 14.3 Å². The molecular formula is C34H29BrN2O3. The Bertz CT molecular complexity index is 1580. The fraction of sp³-hybridized carbons (Fsp3) is 0.118. The first-order valence-electron chi connectivity index (χ1n) is 13.1. The molecule has 5 aromatic rings. The Morgan fingerprint density at radius 2 is 1.50 bits per heavy atom. The fourth-order valence-corrected chi connectivity index (χ4v) is 5.23. The summed E-state index contributed by atoms with van der Waals surface area (Å²) in [6.45, 7) is 2.80. The summed E-state index contributed by atoms with van der Waals surface area (Å²) in [5.74, 6) is 0.517. The Morgan fingerprint density at radius 3 is 2.20 bits per heavy atom. The second-order valence-electron chi connectivity index (χ2n) is 9.18. The van der Waals surface area contributed by atoms with Gasteiger partial charge >= 0.3 is 0 Å². The van der Waals surface area contributed by atoms with Crippen molar-refractivity contribution in [3.63, 3.8) is 0 Å². The lowest BCUT2D eigenvalue weighted by Crippen LogP contribution is -2.26. The van der Waals surface area contributed by atoms with Crippen LogP contribution in [0.3, 0.4) is 0 Å². The number of carbonyl (C=O) groups is 1. The molecule has 0 saturated carbocycles. The number of nitrogens with zero attached hydrogens (tertiary/aromatic N) is 1. The molecule has 1 amide bonds. The number of amides is 1. The molecule has 5 rings (SSSR count). The van der Waals surface area contributed by atoms with E-state index in [1.165, 1.54) is 5.39 Å². The van der Waals surface area contributed by atoms with Crippen LogP contribution in [0.1, 0.15) is 35.1 Å². The lowest BCUT2D eigenvalue weighted by Gasteiger charge is -2.16. The minimum Gasteiger partial charge on any atom is -0.490 e. The topological polar surface area (TPSA) is 59.9 Å². The van der Waals surface area contributed by atoms with Crippen molar-refractivity contribution >= 4 is 38.8 Å². The number of halogens is 1. The molecule has 0 bridgehead atoms. The zero-order chi connectivity index (χ0) is 27.7. The molecule has 0 aromatic heterocycles. The van der Waals surface area contributed by atoms with E-state index >= 15 is 0 Å². The van der Waals surface area contributed by atoms with Crippen molar-refractivity contribution in [3.8, 4) is 11.5 Å². The first-order chi connectivity index (χ1) is 19.6. The summed E-state index contributed by atoms with van der Waals surface area (Å²) >= 11 is 3.64. The van der Waals surface area contributed by atoms with Crippen molar-refractivity contribution in [2.24, 2.45) is 5.10 Å². The average Bonchev–Trinajstić information content (AvgIpc) is 2.98. The number of carbonyl (C=O) groups excluding carboxylic acids is 1. The molecule has 0 fully saturated rings. The number of hydrogen-bond donors (Lipinski definition) is 1. The van der Waals surface area contributed by atoms with E-state index in [0.717, 1.165) is 32.1 Å². The van der Waals surface area contributed by atoms with Crippen LogP contribution < -0.4 is 14.9 Å². The van der Waals surface area contributed by atoms with Gasteiger partial charge in [0.25, 0.3) is 5.91 Å². The van der Waals surface area contributed by atoms with Crippen molar-refractivity contribution in [1.29, 1.82) is 0 Å². The molecule has 40 heavy (non-hydrogen) atoms. The van der Waals surface area contributed by atoms with Crippen LogP contribution in [0.15, 0.2) is 125 Å². The Kier molecular flexibility index (Phi) is 8.89. The summed E-state index contributed by atoms with van der Waals surface area (Å²) in [5.41, 5.74) is 6.36. The highest BCUT2D eigenvalue weighted by Crippen LogP contribution is 2.37. The molecule has 0 radical (unpaired) electrons. The van der Waals surface area contributed by atoms with Gasteiger partial charge in [-0.1, -0.05) is 103 Å². The second kappa shape index (κ2) is 13.1. The van der Waals surface area contributed by atoms with Crippen LogP contribution in [0.25, 0.3) is 10.8 Å². The van der Waals surface area contributed by atoms with Gasteiger partial charge in [0.2, 0.25) is 0 Å². The van der Waals surface area contributed by atoms with Crippen LogP contribution in [0, 0.1) is 0 Å². The summed E-state index contributed by atoms with van der Waals surface area (Å²) in [6.07, 6.45) is 1.60. The molecule has 0 spiro atoms. The third kappa shape index (κ3) is 6.41. The fourth-order valence-electron chi connectivity index (χ4n) is 4.65. The smallest absolute Gasteiger partial charge is 0.252 e. The van der Waals surface area contributed by atoms with Gasteiger partial charge in [0.15, 0.2) is 11.5 Å². The molecule has 0 heterocycles. The van der Waals surface area contributed by atoms with Gasteiger partial charge in [-0.3, -0.25) is 4.79 Å². The van der Waals surface area contributed by atoms with Crippen molar-refractivity contribution in [1.82, 2.24) is 5.43 Å². The quantitative estimate of drug-likeness (QED) is 0.133. The zero-order valence-electron chi connectivity index (χ0n) is 22.1. The van der Waals surface area contributed by atoms with Gasteiger partial charge in [0, 0.05) is 0 Å². The third-order valence-corrected chi connectivity index (χ3v) is 7.09. The van der Waals surface area contributed by atoms with Crippen LogP contribution in [-0.2, 0) is 11.4 Å². The molecule has 0 saturated heterocycles. The maximum absolute atomic E-state index is 13.3. The molecular weight excluding hydrogens is 564 g/mol. The molecule has 6 heteroatoms. The number of rotatable bonds is 10. The second-order valence-corrected chi connectivity index (χ2v) is 10.0. The average molecular weight is 594 g/mol. The van der Waals surface area contributed by atoms with E-state index in [0.29, 0.717) is 24.7 Å².